The molecule has 38 heavy (non-hydrogen) atoms. The van der Waals surface area contributed by atoms with Crippen LogP contribution in [-0.4, -0.2) is 58.3 Å². The third-order valence-corrected chi connectivity index (χ3v) is 13.1. The maximum absolute atomic E-state index is 12.4. The average Bonchev–Trinajstić information content (AvgIpc) is 3.51. The zero-order valence-electron chi connectivity index (χ0n) is 22.6. The summed E-state index contributed by atoms with van der Waals surface area (Å²) >= 11 is 0. The number of hydrogen-bond donors (Lipinski definition) is 1. The first-order valence-electron chi connectivity index (χ1n) is 14.4. The molecule has 206 valence electrons. The smallest absolute Gasteiger partial charge is 0.343 e. The van der Waals surface area contributed by atoms with Gasteiger partial charge in [-0.3, -0.25) is 4.90 Å². The number of cyclic esters (lactones) is 1. The van der Waals surface area contributed by atoms with Gasteiger partial charge in [0.1, 0.15) is 5.76 Å². The van der Waals surface area contributed by atoms with E-state index in [4.69, 9.17) is 14.2 Å². The van der Waals surface area contributed by atoms with E-state index in [2.05, 4.69) is 40.8 Å². The van der Waals surface area contributed by atoms with Gasteiger partial charge in [0, 0.05) is 41.3 Å². The molecule has 1 N–H and O–H groups in total. The Balaban J connectivity index is 1.31. The van der Waals surface area contributed by atoms with Crippen LogP contribution in [0.25, 0.3) is 0 Å². The van der Waals surface area contributed by atoms with Gasteiger partial charge in [0.05, 0.1) is 24.3 Å². The summed E-state index contributed by atoms with van der Waals surface area (Å²) in [6.07, 6.45) is 14.9. The largest absolute Gasteiger partial charge is 0.492 e. The minimum Gasteiger partial charge on any atom is -0.492 e. The van der Waals surface area contributed by atoms with Crippen LogP contribution >= 0.6 is 21.6 Å². The standard InChI is InChI=1S/C30H39NO5S2/c1-16-25-24(35-27(16)28-26(34-3)17(2)29(33)36-28)13-19-9-11-30(25)10-5-8-21-23(32)12-18-6-4-7-20(18)14-37-38-15-22(19)31(21)30/h9,11,13,16,18-23,25,32H,4-8,10,12,14-15H2,1-3H3. The number of piperidine rings is 1. The van der Waals surface area contributed by atoms with Crippen molar-refractivity contribution < 1.29 is 24.1 Å². The third-order valence-electron chi connectivity index (χ3n) is 10.6. The van der Waals surface area contributed by atoms with Crippen molar-refractivity contribution >= 4 is 27.6 Å². The van der Waals surface area contributed by atoms with E-state index in [-0.39, 0.29) is 41.4 Å². The van der Waals surface area contributed by atoms with Crippen LogP contribution in [0.1, 0.15) is 58.8 Å². The highest BCUT2D eigenvalue weighted by Crippen LogP contribution is 2.59. The number of carbonyl (C=O) groups is 1. The van der Waals surface area contributed by atoms with Gasteiger partial charge in [-0.1, -0.05) is 53.5 Å². The van der Waals surface area contributed by atoms with E-state index in [0.29, 0.717) is 34.8 Å². The Hall–Kier alpha value is -1.35. The number of fused-ring (bicyclic) bond motifs is 1. The number of carbonyl (C=O) groups excluding carboxylic acids is 1. The highest BCUT2D eigenvalue weighted by Gasteiger charge is 2.61. The summed E-state index contributed by atoms with van der Waals surface area (Å²) in [5.74, 6) is 6.24. The summed E-state index contributed by atoms with van der Waals surface area (Å²) in [6.45, 7) is 3.95. The minimum absolute atomic E-state index is 0.0116. The van der Waals surface area contributed by atoms with Crippen molar-refractivity contribution in [2.45, 2.75) is 82.5 Å². The number of esters is 1. The van der Waals surface area contributed by atoms with Gasteiger partial charge in [-0.25, -0.2) is 4.79 Å². The van der Waals surface area contributed by atoms with Crippen LogP contribution in [0.3, 0.4) is 0 Å². The van der Waals surface area contributed by atoms with E-state index in [9.17, 15) is 9.90 Å². The number of nitrogens with zero attached hydrogens (tertiary/aromatic N) is 1. The molecular formula is C30H39NO5S2. The second-order valence-electron chi connectivity index (χ2n) is 12.4. The van der Waals surface area contributed by atoms with Crippen LogP contribution in [0.2, 0.25) is 0 Å². The number of allylic oxidation sites excluding steroid dienone is 1. The molecule has 4 fully saturated rings. The Bertz CT molecular complexity index is 1150. The second kappa shape index (κ2) is 9.64. The number of rotatable bonds is 1. The van der Waals surface area contributed by atoms with Gasteiger partial charge in [-0.2, -0.15) is 0 Å². The molecule has 1 saturated carbocycles. The van der Waals surface area contributed by atoms with Crippen molar-refractivity contribution in [3.63, 3.8) is 0 Å². The number of methoxy groups -OCH3 is 1. The fraction of sp³-hybridized carbons (Fsp3) is 0.700. The van der Waals surface area contributed by atoms with Crippen LogP contribution in [0.5, 0.6) is 0 Å². The fourth-order valence-corrected chi connectivity index (χ4v) is 11.7. The van der Waals surface area contributed by atoms with Gasteiger partial charge in [-0.15, -0.1) is 0 Å². The fourth-order valence-electron chi connectivity index (χ4n) is 8.83. The van der Waals surface area contributed by atoms with Crippen LogP contribution in [-0.2, 0) is 19.0 Å². The predicted molar refractivity (Wildman–Crippen MR) is 150 cm³/mol. The van der Waals surface area contributed by atoms with Gasteiger partial charge >= 0.3 is 5.97 Å². The molecule has 0 aromatic heterocycles. The normalized spacial score (nSPS) is 46.4. The van der Waals surface area contributed by atoms with E-state index >= 15 is 0 Å². The van der Waals surface area contributed by atoms with Crippen molar-refractivity contribution in [1.29, 1.82) is 0 Å². The van der Waals surface area contributed by atoms with Crippen molar-refractivity contribution in [3.05, 3.63) is 46.8 Å². The van der Waals surface area contributed by atoms with Gasteiger partial charge in [0.15, 0.2) is 11.5 Å². The molecule has 2 bridgehead atoms. The molecule has 6 aliphatic heterocycles. The number of aliphatic hydroxyl groups excluding tert-OH is 1. The second-order valence-corrected chi connectivity index (χ2v) is 14.9. The van der Waals surface area contributed by atoms with Gasteiger partial charge in [0.25, 0.3) is 0 Å². The molecule has 0 aromatic carbocycles. The molecular weight excluding hydrogens is 518 g/mol. The summed E-state index contributed by atoms with van der Waals surface area (Å²) in [6, 6.07) is 0.491. The lowest BCUT2D eigenvalue weighted by Gasteiger charge is -2.59. The van der Waals surface area contributed by atoms with Crippen LogP contribution in [0, 0.1) is 29.6 Å². The van der Waals surface area contributed by atoms with E-state index in [1.807, 2.05) is 10.8 Å². The van der Waals surface area contributed by atoms with E-state index in [0.717, 1.165) is 43.1 Å². The van der Waals surface area contributed by atoms with Crippen molar-refractivity contribution in [1.82, 2.24) is 4.90 Å². The zero-order chi connectivity index (χ0) is 26.2. The topological polar surface area (TPSA) is 68.2 Å². The Morgan fingerprint density at radius 1 is 1.11 bits per heavy atom. The molecule has 2 aliphatic carbocycles. The summed E-state index contributed by atoms with van der Waals surface area (Å²) in [5.41, 5.74) is 0.261. The lowest BCUT2D eigenvalue weighted by atomic mass is 9.66. The van der Waals surface area contributed by atoms with E-state index in [1.165, 1.54) is 25.0 Å². The number of ether oxygens (including phenoxy) is 3. The SMILES string of the molecule is COC1=C(C)C(=O)OC1=C1OC2=CC3C=CC4(CCCC5C(O)CC6CCCC6CSSCC3N54)C2C1C. The first kappa shape index (κ1) is 25.6. The number of hydrogen-bond acceptors (Lipinski definition) is 8. The van der Waals surface area contributed by atoms with Crippen molar-refractivity contribution in [2.75, 3.05) is 18.6 Å². The molecule has 9 unspecified atom stereocenters. The lowest BCUT2D eigenvalue weighted by Crippen LogP contribution is -2.68. The highest BCUT2D eigenvalue weighted by atomic mass is 33.1. The summed E-state index contributed by atoms with van der Waals surface area (Å²) in [4.78, 5) is 15.2. The number of aliphatic hydroxyl groups is 1. The van der Waals surface area contributed by atoms with Crippen molar-refractivity contribution in [2.24, 2.45) is 29.6 Å². The molecule has 6 heterocycles. The molecule has 6 nitrogen and oxygen atoms in total. The molecule has 8 heteroatoms. The molecule has 0 aromatic rings. The molecule has 0 amide bonds. The average molecular weight is 558 g/mol. The first-order chi connectivity index (χ1) is 18.4. The third kappa shape index (κ3) is 3.72. The summed E-state index contributed by atoms with van der Waals surface area (Å²) < 4.78 is 18.0. The Labute approximate surface area is 233 Å². The van der Waals surface area contributed by atoms with Gasteiger partial charge in [0.2, 0.25) is 5.76 Å². The highest BCUT2D eigenvalue weighted by molar-refractivity contribution is 8.76. The van der Waals surface area contributed by atoms with Crippen LogP contribution in [0.15, 0.2) is 46.8 Å². The maximum atomic E-state index is 12.4. The Morgan fingerprint density at radius 3 is 2.76 bits per heavy atom. The summed E-state index contributed by atoms with van der Waals surface area (Å²) in [7, 11) is 5.67. The quantitative estimate of drug-likeness (QED) is 0.255. The molecule has 1 spiro atoms. The van der Waals surface area contributed by atoms with Gasteiger partial charge < -0.3 is 19.3 Å². The van der Waals surface area contributed by atoms with E-state index in [1.54, 1.807) is 14.0 Å². The summed E-state index contributed by atoms with van der Waals surface area (Å²) in [5, 5.41) is 11.9. The zero-order valence-corrected chi connectivity index (χ0v) is 24.2. The molecule has 0 radical (unpaired) electrons. The molecule has 9 atom stereocenters. The Kier molecular flexibility index (Phi) is 6.49. The van der Waals surface area contributed by atoms with Crippen molar-refractivity contribution in [3.8, 4) is 0 Å². The van der Waals surface area contributed by atoms with E-state index < -0.39 is 0 Å². The van der Waals surface area contributed by atoms with Gasteiger partial charge in [-0.05, 0) is 56.9 Å². The Morgan fingerprint density at radius 2 is 1.92 bits per heavy atom. The minimum atomic E-state index is -0.367. The lowest BCUT2D eigenvalue weighted by molar-refractivity contribution is -0.133. The molecule has 3 saturated heterocycles. The first-order valence-corrected chi connectivity index (χ1v) is 16.9. The molecule has 8 rings (SSSR count). The van der Waals surface area contributed by atoms with Crippen LogP contribution < -0.4 is 0 Å². The maximum Gasteiger partial charge on any atom is 0.343 e. The molecule has 8 aliphatic rings. The monoisotopic (exact) mass is 557 g/mol. The predicted octanol–water partition coefficient (Wildman–Crippen LogP) is 5.57. The van der Waals surface area contributed by atoms with Crippen LogP contribution in [0.4, 0.5) is 0 Å².